The van der Waals surface area contributed by atoms with Crippen LogP contribution in [0.15, 0.2) is 46.7 Å². The van der Waals surface area contributed by atoms with Gasteiger partial charge in [-0.05, 0) is 78.5 Å². The molecular formula is C31H42N2O3S2. The molecule has 1 aromatic heterocycles. The second kappa shape index (κ2) is 11.8. The van der Waals surface area contributed by atoms with Crippen LogP contribution < -0.4 is 9.64 Å². The molecule has 1 aliphatic rings. The van der Waals surface area contributed by atoms with E-state index in [1.807, 2.05) is 31.2 Å². The van der Waals surface area contributed by atoms with Gasteiger partial charge in [0.05, 0.1) is 22.4 Å². The lowest BCUT2D eigenvalue weighted by molar-refractivity contribution is 0.340. The van der Waals surface area contributed by atoms with Crippen LogP contribution in [-0.2, 0) is 9.84 Å². The van der Waals surface area contributed by atoms with Crippen LogP contribution in [0.3, 0.4) is 0 Å². The summed E-state index contributed by atoms with van der Waals surface area (Å²) in [6.45, 7) is 16.8. The third kappa shape index (κ3) is 5.94. The molecule has 1 aliphatic heterocycles. The summed E-state index contributed by atoms with van der Waals surface area (Å²) in [6, 6.07) is 12.3. The molecule has 0 unspecified atom stereocenters. The summed E-state index contributed by atoms with van der Waals surface area (Å²) in [5.41, 5.74) is 5.17. The van der Waals surface area contributed by atoms with Crippen LogP contribution >= 0.6 is 11.3 Å². The van der Waals surface area contributed by atoms with Crippen LogP contribution in [0.4, 0.5) is 5.13 Å². The number of benzene rings is 2. The molecule has 2 aromatic carbocycles. The predicted octanol–water partition coefficient (Wildman–Crippen LogP) is 8.02. The molecule has 3 aromatic rings. The van der Waals surface area contributed by atoms with Crippen molar-refractivity contribution in [2.45, 2.75) is 89.2 Å². The van der Waals surface area contributed by atoms with Crippen molar-refractivity contribution >= 4 is 26.3 Å². The van der Waals surface area contributed by atoms with Crippen LogP contribution in [0, 0.1) is 0 Å². The van der Waals surface area contributed by atoms with Gasteiger partial charge in [0.25, 0.3) is 0 Å². The van der Waals surface area contributed by atoms with Gasteiger partial charge in [0, 0.05) is 24.0 Å². The van der Waals surface area contributed by atoms with Crippen molar-refractivity contribution in [2.24, 2.45) is 0 Å². The summed E-state index contributed by atoms with van der Waals surface area (Å²) in [5.74, 6) is 1.51. The number of nitrogens with zero attached hydrogens (tertiary/aromatic N) is 2. The number of anilines is 1. The van der Waals surface area contributed by atoms with Crippen LogP contribution in [0.2, 0.25) is 0 Å². The number of hydrogen-bond donors (Lipinski definition) is 0. The summed E-state index contributed by atoms with van der Waals surface area (Å²) in [5, 5.41) is 2.66. The minimum Gasteiger partial charge on any atom is -0.494 e. The Labute approximate surface area is 233 Å². The fraction of sp³-hybridized carbons (Fsp3) is 0.516. The lowest BCUT2D eigenvalue weighted by Crippen LogP contribution is -2.39. The zero-order valence-electron chi connectivity index (χ0n) is 23.8. The average molecular weight is 555 g/mol. The molecule has 0 atom stereocenters. The van der Waals surface area contributed by atoms with Gasteiger partial charge < -0.3 is 9.64 Å². The van der Waals surface area contributed by atoms with E-state index >= 15 is 0 Å². The Morgan fingerprint density at radius 2 is 1.53 bits per heavy atom. The quantitative estimate of drug-likeness (QED) is 0.268. The van der Waals surface area contributed by atoms with Gasteiger partial charge >= 0.3 is 0 Å². The monoisotopic (exact) mass is 554 g/mol. The van der Waals surface area contributed by atoms with Gasteiger partial charge in [-0.3, -0.25) is 0 Å². The Kier molecular flexibility index (Phi) is 8.88. The summed E-state index contributed by atoms with van der Waals surface area (Å²) in [6.07, 6.45) is 1.22. The van der Waals surface area contributed by atoms with Crippen molar-refractivity contribution in [3.63, 3.8) is 0 Å². The molecule has 0 aliphatic carbocycles. The molecule has 5 nitrogen and oxygen atoms in total. The van der Waals surface area contributed by atoms with Gasteiger partial charge in [0.15, 0.2) is 15.0 Å². The van der Waals surface area contributed by atoms with Gasteiger partial charge in [-0.2, -0.15) is 0 Å². The van der Waals surface area contributed by atoms with E-state index in [0.717, 1.165) is 33.3 Å². The summed E-state index contributed by atoms with van der Waals surface area (Å²) >= 11 is 1.62. The van der Waals surface area contributed by atoms with E-state index in [9.17, 15) is 8.42 Å². The van der Waals surface area contributed by atoms with Crippen LogP contribution in [0.1, 0.15) is 95.8 Å². The first-order valence-electron chi connectivity index (χ1n) is 13.9. The van der Waals surface area contributed by atoms with E-state index in [4.69, 9.17) is 9.72 Å². The molecule has 2 heterocycles. The molecule has 7 heteroatoms. The minimum atomic E-state index is -3.46. The third-order valence-corrected chi connectivity index (χ3v) is 10.8. The summed E-state index contributed by atoms with van der Waals surface area (Å²) in [4.78, 5) is 7.71. The number of thiazole rings is 1. The molecule has 38 heavy (non-hydrogen) atoms. The highest BCUT2D eigenvalue weighted by Gasteiger charge is 2.36. The highest BCUT2D eigenvalue weighted by atomic mass is 32.2. The van der Waals surface area contributed by atoms with E-state index in [2.05, 4.69) is 64.0 Å². The van der Waals surface area contributed by atoms with E-state index in [1.165, 1.54) is 5.56 Å². The Bertz CT molecular complexity index is 1300. The van der Waals surface area contributed by atoms with E-state index in [-0.39, 0.29) is 17.1 Å². The standard InChI is InChI=1S/C31H42N2O3S2/c1-8-36-25-11-9-23(10-12-25)29-19-37-31(32-29)33-15-13-26(14-16-33)38(34,35)30-27(21(4)5)17-24(20(2)3)18-28(30)22(6)7/h9-12,17-22,26H,8,13-16H2,1-7H3. The topological polar surface area (TPSA) is 59.5 Å². The van der Waals surface area contributed by atoms with Crippen LogP contribution in [0.5, 0.6) is 5.75 Å². The molecule has 0 N–H and O–H groups in total. The molecular weight excluding hydrogens is 512 g/mol. The third-order valence-electron chi connectivity index (χ3n) is 7.47. The Morgan fingerprint density at radius 3 is 2.03 bits per heavy atom. The first-order valence-corrected chi connectivity index (χ1v) is 16.3. The second-order valence-corrected chi connectivity index (χ2v) is 14.2. The molecule has 0 spiro atoms. The molecule has 4 rings (SSSR count). The largest absolute Gasteiger partial charge is 0.494 e. The molecule has 0 bridgehead atoms. The van der Waals surface area contributed by atoms with Crippen molar-refractivity contribution in [2.75, 3.05) is 24.6 Å². The average Bonchev–Trinajstić information content (AvgIpc) is 3.39. The number of ether oxygens (including phenoxy) is 1. The Morgan fingerprint density at radius 1 is 0.947 bits per heavy atom. The van der Waals surface area contributed by atoms with Gasteiger partial charge in [-0.15, -0.1) is 11.3 Å². The van der Waals surface area contributed by atoms with Crippen LogP contribution in [0.25, 0.3) is 11.3 Å². The first-order chi connectivity index (χ1) is 18.0. The molecule has 0 amide bonds. The van der Waals surface area contributed by atoms with Gasteiger partial charge in [-0.25, -0.2) is 13.4 Å². The minimum absolute atomic E-state index is 0.146. The maximum absolute atomic E-state index is 14.2. The lowest BCUT2D eigenvalue weighted by Gasteiger charge is -2.33. The zero-order valence-corrected chi connectivity index (χ0v) is 25.5. The first kappa shape index (κ1) is 28.6. The number of sulfone groups is 1. The fourth-order valence-electron chi connectivity index (χ4n) is 5.17. The number of hydrogen-bond acceptors (Lipinski definition) is 6. The van der Waals surface area contributed by atoms with Crippen molar-refractivity contribution < 1.29 is 13.2 Å². The Hall–Kier alpha value is -2.38. The molecule has 1 saturated heterocycles. The molecule has 206 valence electrons. The summed E-state index contributed by atoms with van der Waals surface area (Å²) in [7, 11) is -3.46. The van der Waals surface area contributed by atoms with Gasteiger partial charge in [-0.1, -0.05) is 53.7 Å². The molecule has 1 fully saturated rings. The van der Waals surface area contributed by atoms with Crippen molar-refractivity contribution in [1.29, 1.82) is 0 Å². The van der Waals surface area contributed by atoms with Gasteiger partial charge in [0.2, 0.25) is 0 Å². The maximum atomic E-state index is 14.2. The Balaban J connectivity index is 1.54. The van der Waals surface area contributed by atoms with Crippen molar-refractivity contribution in [3.05, 3.63) is 58.5 Å². The smallest absolute Gasteiger partial charge is 0.185 e. The van der Waals surface area contributed by atoms with Gasteiger partial charge in [0.1, 0.15) is 5.75 Å². The maximum Gasteiger partial charge on any atom is 0.185 e. The molecule has 0 radical (unpaired) electrons. The normalized spacial score (nSPS) is 15.2. The van der Waals surface area contributed by atoms with Crippen molar-refractivity contribution in [3.8, 4) is 17.0 Å². The number of aromatic nitrogens is 1. The van der Waals surface area contributed by atoms with Crippen LogP contribution in [-0.4, -0.2) is 38.3 Å². The van der Waals surface area contributed by atoms with E-state index < -0.39 is 9.84 Å². The zero-order chi connectivity index (χ0) is 27.6. The highest BCUT2D eigenvalue weighted by molar-refractivity contribution is 7.92. The lowest BCUT2D eigenvalue weighted by atomic mass is 9.89. The fourth-order valence-corrected chi connectivity index (χ4v) is 8.47. The number of rotatable bonds is 9. The van der Waals surface area contributed by atoms with Crippen molar-refractivity contribution in [1.82, 2.24) is 4.98 Å². The highest BCUT2D eigenvalue weighted by Crippen LogP contribution is 2.39. The number of piperidine rings is 1. The van der Waals surface area contributed by atoms with E-state index in [0.29, 0.717) is 43.4 Å². The SMILES string of the molecule is CCOc1ccc(-c2csc(N3CCC(S(=O)(=O)c4c(C(C)C)cc(C(C)C)cc4C(C)C)CC3)n2)cc1. The van der Waals surface area contributed by atoms with E-state index in [1.54, 1.807) is 11.3 Å². The predicted molar refractivity (Wildman–Crippen MR) is 160 cm³/mol. The summed E-state index contributed by atoms with van der Waals surface area (Å²) < 4.78 is 33.9. The molecule has 0 saturated carbocycles. The second-order valence-electron chi connectivity index (χ2n) is 11.2.